The van der Waals surface area contributed by atoms with Gasteiger partial charge in [0.05, 0.1) is 12.2 Å². The van der Waals surface area contributed by atoms with Crippen molar-refractivity contribution >= 4 is 17.6 Å². The first-order chi connectivity index (χ1) is 9.15. The molecule has 1 saturated heterocycles. The minimum Gasteiger partial charge on any atom is -0.462 e. The van der Waals surface area contributed by atoms with Crippen LogP contribution in [0.3, 0.4) is 0 Å². The Kier molecular flexibility index (Phi) is 4.16. The van der Waals surface area contributed by atoms with Crippen LogP contribution in [0.25, 0.3) is 0 Å². The van der Waals surface area contributed by atoms with Crippen LogP contribution in [-0.4, -0.2) is 31.6 Å². The van der Waals surface area contributed by atoms with Gasteiger partial charge in [-0.25, -0.2) is 4.79 Å². The van der Waals surface area contributed by atoms with E-state index >= 15 is 0 Å². The molecule has 1 atom stereocenters. The molecule has 1 amide bonds. The van der Waals surface area contributed by atoms with Gasteiger partial charge in [-0.2, -0.15) is 0 Å². The third-order valence-corrected chi connectivity index (χ3v) is 3.23. The van der Waals surface area contributed by atoms with Crippen molar-refractivity contribution < 1.29 is 14.3 Å². The molecule has 1 aliphatic heterocycles. The van der Waals surface area contributed by atoms with E-state index in [1.165, 1.54) is 0 Å². The van der Waals surface area contributed by atoms with Gasteiger partial charge in [0.25, 0.3) is 0 Å². The predicted octanol–water partition coefficient (Wildman–Crippen LogP) is 1.17. The Hall–Kier alpha value is -1.88. The van der Waals surface area contributed by atoms with Gasteiger partial charge in [-0.3, -0.25) is 4.79 Å². The summed E-state index contributed by atoms with van der Waals surface area (Å²) >= 11 is 0. The number of benzene rings is 1. The van der Waals surface area contributed by atoms with Crippen LogP contribution in [0, 0.1) is 5.92 Å². The van der Waals surface area contributed by atoms with E-state index in [4.69, 9.17) is 10.5 Å². The standard InChI is InChI=1S/C14H18N2O3/c1-2-19-14(18)11-3-5-12(6-4-11)16-9-10(8-15)7-13(16)17/h3-6,10H,2,7-9,15H2,1H3. The summed E-state index contributed by atoms with van der Waals surface area (Å²) in [5.41, 5.74) is 6.89. The highest BCUT2D eigenvalue weighted by Gasteiger charge is 2.29. The predicted molar refractivity (Wildman–Crippen MR) is 71.9 cm³/mol. The average Bonchev–Trinajstić information content (AvgIpc) is 2.80. The number of carbonyl (C=O) groups is 2. The molecular formula is C14H18N2O3. The van der Waals surface area contributed by atoms with Crippen molar-refractivity contribution in [2.24, 2.45) is 11.7 Å². The first-order valence-electron chi connectivity index (χ1n) is 6.43. The van der Waals surface area contributed by atoms with E-state index < -0.39 is 0 Å². The number of hydrogen-bond acceptors (Lipinski definition) is 4. The Balaban J connectivity index is 2.10. The van der Waals surface area contributed by atoms with E-state index in [2.05, 4.69) is 0 Å². The van der Waals surface area contributed by atoms with Crippen LogP contribution in [0.2, 0.25) is 0 Å². The second kappa shape index (κ2) is 5.84. The Morgan fingerprint density at radius 1 is 1.42 bits per heavy atom. The molecule has 1 aromatic carbocycles. The summed E-state index contributed by atoms with van der Waals surface area (Å²) in [7, 11) is 0. The molecule has 2 rings (SSSR count). The van der Waals surface area contributed by atoms with E-state index in [1.807, 2.05) is 0 Å². The molecule has 1 aromatic rings. The highest BCUT2D eigenvalue weighted by atomic mass is 16.5. The lowest BCUT2D eigenvalue weighted by Gasteiger charge is -2.16. The molecule has 1 heterocycles. The van der Waals surface area contributed by atoms with E-state index in [9.17, 15) is 9.59 Å². The number of rotatable bonds is 4. The van der Waals surface area contributed by atoms with Gasteiger partial charge >= 0.3 is 5.97 Å². The quantitative estimate of drug-likeness (QED) is 0.827. The van der Waals surface area contributed by atoms with E-state index in [0.717, 1.165) is 5.69 Å². The second-order valence-electron chi connectivity index (χ2n) is 4.58. The summed E-state index contributed by atoms with van der Waals surface area (Å²) in [6, 6.07) is 6.89. The van der Waals surface area contributed by atoms with Crippen LogP contribution in [0.4, 0.5) is 5.69 Å². The molecule has 2 N–H and O–H groups in total. The SMILES string of the molecule is CCOC(=O)c1ccc(N2CC(CN)CC2=O)cc1. The van der Waals surface area contributed by atoms with Crippen molar-refractivity contribution in [2.75, 3.05) is 24.6 Å². The smallest absolute Gasteiger partial charge is 0.338 e. The fourth-order valence-electron chi connectivity index (χ4n) is 2.18. The molecule has 0 aromatic heterocycles. The van der Waals surface area contributed by atoms with Gasteiger partial charge in [0.2, 0.25) is 5.91 Å². The van der Waals surface area contributed by atoms with Crippen molar-refractivity contribution in [3.8, 4) is 0 Å². The van der Waals surface area contributed by atoms with Gasteiger partial charge in [0, 0.05) is 18.7 Å². The Morgan fingerprint density at radius 2 is 2.11 bits per heavy atom. The number of nitrogens with two attached hydrogens (primary N) is 1. The Morgan fingerprint density at radius 3 is 2.63 bits per heavy atom. The lowest BCUT2D eigenvalue weighted by molar-refractivity contribution is -0.117. The highest BCUT2D eigenvalue weighted by Crippen LogP contribution is 2.24. The average molecular weight is 262 g/mol. The summed E-state index contributed by atoms with van der Waals surface area (Å²) in [5.74, 6) is -0.0433. The molecule has 0 aliphatic carbocycles. The van der Waals surface area contributed by atoms with Crippen LogP contribution < -0.4 is 10.6 Å². The molecule has 0 spiro atoms. The number of anilines is 1. The van der Waals surface area contributed by atoms with E-state index in [-0.39, 0.29) is 17.8 Å². The molecule has 5 nitrogen and oxygen atoms in total. The molecule has 19 heavy (non-hydrogen) atoms. The normalized spacial score (nSPS) is 18.7. The van der Waals surface area contributed by atoms with Gasteiger partial charge in [-0.1, -0.05) is 0 Å². The molecular weight excluding hydrogens is 244 g/mol. The summed E-state index contributed by atoms with van der Waals surface area (Å²) < 4.78 is 4.91. The molecule has 0 bridgehead atoms. The first kappa shape index (κ1) is 13.5. The summed E-state index contributed by atoms with van der Waals surface area (Å²) in [6.45, 7) is 3.28. The molecule has 102 valence electrons. The topological polar surface area (TPSA) is 72.6 Å². The third-order valence-electron chi connectivity index (χ3n) is 3.23. The van der Waals surface area contributed by atoms with Crippen LogP contribution >= 0.6 is 0 Å². The largest absolute Gasteiger partial charge is 0.462 e. The Labute approximate surface area is 112 Å². The van der Waals surface area contributed by atoms with Crippen molar-refractivity contribution in [2.45, 2.75) is 13.3 Å². The van der Waals surface area contributed by atoms with Crippen molar-refractivity contribution in [1.29, 1.82) is 0 Å². The van der Waals surface area contributed by atoms with E-state index in [1.54, 1.807) is 36.1 Å². The molecule has 1 aliphatic rings. The zero-order chi connectivity index (χ0) is 13.8. The van der Waals surface area contributed by atoms with E-state index in [0.29, 0.717) is 31.7 Å². The zero-order valence-corrected chi connectivity index (χ0v) is 11.0. The Bertz CT molecular complexity index is 470. The maximum Gasteiger partial charge on any atom is 0.338 e. The number of amides is 1. The van der Waals surface area contributed by atoms with Gasteiger partial charge < -0.3 is 15.4 Å². The van der Waals surface area contributed by atoms with Crippen molar-refractivity contribution in [3.05, 3.63) is 29.8 Å². The number of nitrogens with zero attached hydrogens (tertiary/aromatic N) is 1. The number of ether oxygens (including phenoxy) is 1. The van der Waals surface area contributed by atoms with Crippen molar-refractivity contribution in [1.82, 2.24) is 0 Å². The minimum absolute atomic E-state index is 0.0827. The molecule has 0 saturated carbocycles. The maximum absolute atomic E-state index is 11.8. The minimum atomic E-state index is -0.346. The fraction of sp³-hybridized carbons (Fsp3) is 0.429. The van der Waals surface area contributed by atoms with Crippen LogP contribution in [0.15, 0.2) is 24.3 Å². The second-order valence-corrected chi connectivity index (χ2v) is 4.58. The highest BCUT2D eigenvalue weighted by molar-refractivity contribution is 5.96. The third kappa shape index (κ3) is 2.93. The molecule has 5 heteroatoms. The van der Waals surface area contributed by atoms with Gasteiger partial charge in [0.15, 0.2) is 0 Å². The number of esters is 1. The number of carbonyl (C=O) groups excluding carboxylic acids is 2. The zero-order valence-electron chi connectivity index (χ0n) is 11.0. The van der Waals surface area contributed by atoms with Crippen molar-refractivity contribution in [3.63, 3.8) is 0 Å². The lowest BCUT2D eigenvalue weighted by Crippen LogP contribution is -2.25. The number of hydrogen-bond donors (Lipinski definition) is 1. The van der Waals surface area contributed by atoms with Crippen LogP contribution in [0.1, 0.15) is 23.7 Å². The van der Waals surface area contributed by atoms with Gasteiger partial charge in [-0.05, 0) is 43.7 Å². The molecule has 0 radical (unpaired) electrons. The summed E-state index contributed by atoms with van der Waals surface area (Å²) in [4.78, 5) is 25.1. The summed E-state index contributed by atoms with van der Waals surface area (Å²) in [5, 5.41) is 0. The summed E-state index contributed by atoms with van der Waals surface area (Å²) in [6.07, 6.45) is 0.496. The monoisotopic (exact) mass is 262 g/mol. The van der Waals surface area contributed by atoms with Gasteiger partial charge in [-0.15, -0.1) is 0 Å². The van der Waals surface area contributed by atoms with Crippen LogP contribution in [0.5, 0.6) is 0 Å². The maximum atomic E-state index is 11.8. The fourth-order valence-corrected chi connectivity index (χ4v) is 2.18. The first-order valence-corrected chi connectivity index (χ1v) is 6.43. The molecule has 1 fully saturated rings. The molecule has 1 unspecified atom stereocenters. The van der Waals surface area contributed by atoms with Gasteiger partial charge in [0.1, 0.15) is 0 Å². The van der Waals surface area contributed by atoms with Crippen LogP contribution in [-0.2, 0) is 9.53 Å². The lowest BCUT2D eigenvalue weighted by atomic mass is 10.1.